The number of aliphatic imine (C=N–C) groups is 1. The highest BCUT2D eigenvalue weighted by Gasteiger charge is 2.30. The second kappa shape index (κ2) is 2.71. The highest BCUT2D eigenvalue weighted by atomic mass is 79.9. The van der Waals surface area contributed by atoms with E-state index in [0.29, 0.717) is 0 Å². The zero-order valence-electron chi connectivity index (χ0n) is 7.33. The molecule has 2 heterocycles. The van der Waals surface area contributed by atoms with Gasteiger partial charge in [0, 0.05) is 28.8 Å². The molecule has 68 valence electrons. The first-order chi connectivity index (χ1) is 6.36. The van der Waals surface area contributed by atoms with Crippen LogP contribution in [0.1, 0.15) is 30.1 Å². The molecule has 3 heteroatoms. The summed E-state index contributed by atoms with van der Waals surface area (Å²) in [6.07, 6.45) is 4.71. The number of fused-ring (bicyclic) bond motifs is 1. The molecule has 1 aromatic heterocycles. The molecule has 13 heavy (non-hydrogen) atoms. The van der Waals surface area contributed by atoms with E-state index in [-0.39, 0.29) is 0 Å². The Kier molecular flexibility index (Phi) is 1.62. The van der Waals surface area contributed by atoms with E-state index in [1.54, 1.807) is 0 Å². The van der Waals surface area contributed by atoms with Gasteiger partial charge in [-0.15, -0.1) is 0 Å². The lowest BCUT2D eigenvalue weighted by molar-refractivity contribution is 0.658. The molecular formula is C10H11BrN2. The molecule has 0 radical (unpaired) electrons. The van der Waals surface area contributed by atoms with Gasteiger partial charge in [0.2, 0.25) is 0 Å². The third-order valence-electron chi connectivity index (χ3n) is 2.76. The second-order valence-corrected chi connectivity index (χ2v) is 4.62. The highest BCUT2D eigenvalue weighted by molar-refractivity contribution is 9.10. The monoisotopic (exact) mass is 238 g/mol. The van der Waals surface area contributed by atoms with Gasteiger partial charge in [-0.3, -0.25) is 4.99 Å². The molecular weight excluding hydrogens is 228 g/mol. The van der Waals surface area contributed by atoms with Crippen molar-refractivity contribution in [3.8, 4) is 0 Å². The van der Waals surface area contributed by atoms with Crippen LogP contribution in [0, 0.1) is 0 Å². The SMILES string of the molecule is Brc1cc2n(c1C1CC1)CCN=C2. The normalized spacial score (nSPS) is 20.4. The summed E-state index contributed by atoms with van der Waals surface area (Å²) in [7, 11) is 0. The maximum Gasteiger partial charge on any atom is 0.0602 e. The van der Waals surface area contributed by atoms with Gasteiger partial charge in [-0.1, -0.05) is 0 Å². The summed E-state index contributed by atoms with van der Waals surface area (Å²) in [6.45, 7) is 2.00. The van der Waals surface area contributed by atoms with Crippen LogP contribution in [-0.4, -0.2) is 17.3 Å². The molecule has 0 spiro atoms. The lowest BCUT2D eigenvalue weighted by Gasteiger charge is -2.13. The van der Waals surface area contributed by atoms with Crippen LogP contribution in [0.25, 0.3) is 0 Å². The molecule has 1 aromatic rings. The maximum atomic E-state index is 4.29. The van der Waals surface area contributed by atoms with Gasteiger partial charge >= 0.3 is 0 Å². The van der Waals surface area contributed by atoms with Crippen molar-refractivity contribution in [3.63, 3.8) is 0 Å². The number of hydrogen-bond acceptors (Lipinski definition) is 1. The van der Waals surface area contributed by atoms with E-state index < -0.39 is 0 Å². The Labute approximate surface area is 85.8 Å². The van der Waals surface area contributed by atoms with Gasteiger partial charge in [-0.2, -0.15) is 0 Å². The third kappa shape index (κ3) is 1.17. The first-order valence-corrected chi connectivity index (χ1v) is 5.54. The quantitative estimate of drug-likeness (QED) is 0.716. The summed E-state index contributed by atoms with van der Waals surface area (Å²) in [5.74, 6) is 0.814. The standard InChI is InChI=1S/C10H11BrN2/c11-9-5-8-6-12-3-4-13(8)10(9)7-1-2-7/h5-7H,1-4H2. The van der Waals surface area contributed by atoms with Crippen LogP contribution in [-0.2, 0) is 6.54 Å². The molecule has 0 saturated heterocycles. The number of halogens is 1. The minimum atomic E-state index is 0.814. The van der Waals surface area contributed by atoms with Gasteiger partial charge in [0.15, 0.2) is 0 Å². The van der Waals surface area contributed by atoms with E-state index in [1.165, 1.54) is 28.7 Å². The fourth-order valence-electron chi connectivity index (χ4n) is 1.99. The van der Waals surface area contributed by atoms with Crippen LogP contribution in [0.2, 0.25) is 0 Å². The van der Waals surface area contributed by atoms with E-state index in [2.05, 4.69) is 31.6 Å². The predicted octanol–water partition coefficient (Wildman–Crippen LogP) is 2.56. The summed E-state index contributed by atoms with van der Waals surface area (Å²) >= 11 is 3.64. The van der Waals surface area contributed by atoms with Crippen molar-refractivity contribution in [2.24, 2.45) is 4.99 Å². The molecule has 2 aliphatic rings. The van der Waals surface area contributed by atoms with Crippen LogP contribution in [0.5, 0.6) is 0 Å². The van der Waals surface area contributed by atoms with E-state index >= 15 is 0 Å². The largest absolute Gasteiger partial charge is 0.341 e. The summed E-state index contributed by atoms with van der Waals surface area (Å²) in [5.41, 5.74) is 2.76. The second-order valence-electron chi connectivity index (χ2n) is 3.76. The Balaban J connectivity index is 2.16. The smallest absolute Gasteiger partial charge is 0.0602 e. The zero-order valence-corrected chi connectivity index (χ0v) is 8.92. The van der Waals surface area contributed by atoms with Crippen LogP contribution in [0.3, 0.4) is 0 Å². The average molecular weight is 239 g/mol. The molecule has 1 aliphatic carbocycles. The van der Waals surface area contributed by atoms with Crippen molar-refractivity contribution < 1.29 is 0 Å². The zero-order chi connectivity index (χ0) is 8.84. The minimum absolute atomic E-state index is 0.814. The summed E-state index contributed by atoms with van der Waals surface area (Å²) in [4.78, 5) is 4.29. The Morgan fingerprint density at radius 3 is 3.08 bits per heavy atom. The number of aromatic nitrogens is 1. The van der Waals surface area contributed by atoms with Gasteiger partial charge in [0.25, 0.3) is 0 Å². The van der Waals surface area contributed by atoms with Crippen molar-refractivity contribution >= 4 is 22.1 Å². The molecule has 1 saturated carbocycles. The fraction of sp³-hybridized carbons (Fsp3) is 0.500. The maximum absolute atomic E-state index is 4.29. The molecule has 0 N–H and O–H groups in total. The minimum Gasteiger partial charge on any atom is -0.341 e. The van der Waals surface area contributed by atoms with Gasteiger partial charge in [-0.05, 0) is 34.8 Å². The lowest BCUT2D eigenvalue weighted by atomic mass is 10.3. The van der Waals surface area contributed by atoms with Gasteiger partial charge in [0.05, 0.1) is 12.2 Å². The topological polar surface area (TPSA) is 17.3 Å². The summed E-state index contributed by atoms with van der Waals surface area (Å²) in [6, 6.07) is 2.19. The summed E-state index contributed by atoms with van der Waals surface area (Å²) < 4.78 is 3.69. The van der Waals surface area contributed by atoms with Gasteiger partial charge in [-0.25, -0.2) is 0 Å². The van der Waals surface area contributed by atoms with E-state index in [1.807, 2.05) is 6.21 Å². The van der Waals surface area contributed by atoms with Crippen LogP contribution >= 0.6 is 15.9 Å². The molecule has 1 aliphatic heterocycles. The third-order valence-corrected chi connectivity index (χ3v) is 3.40. The van der Waals surface area contributed by atoms with E-state index in [0.717, 1.165) is 19.0 Å². The van der Waals surface area contributed by atoms with Crippen molar-refractivity contribution in [2.45, 2.75) is 25.3 Å². The van der Waals surface area contributed by atoms with Crippen molar-refractivity contribution in [3.05, 3.63) is 21.9 Å². The molecule has 0 aromatic carbocycles. The molecule has 0 atom stereocenters. The Morgan fingerprint density at radius 2 is 2.31 bits per heavy atom. The number of nitrogens with zero attached hydrogens (tertiary/aromatic N) is 2. The molecule has 1 fully saturated rings. The number of hydrogen-bond donors (Lipinski definition) is 0. The Bertz CT molecular complexity index is 375. The number of rotatable bonds is 1. The van der Waals surface area contributed by atoms with Gasteiger partial charge < -0.3 is 4.57 Å². The fourth-order valence-corrected chi connectivity index (χ4v) is 2.77. The van der Waals surface area contributed by atoms with Crippen LogP contribution in [0.15, 0.2) is 15.5 Å². The Morgan fingerprint density at radius 1 is 1.46 bits per heavy atom. The first-order valence-electron chi connectivity index (χ1n) is 4.75. The summed E-state index contributed by atoms with van der Waals surface area (Å²) in [5, 5.41) is 0. The highest BCUT2D eigenvalue weighted by Crippen LogP contribution is 2.44. The van der Waals surface area contributed by atoms with Crippen molar-refractivity contribution in [1.82, 2.24) is 4.57 Å². The van der Waals surface area contributed by atoms with E-state index in [9.17, 15) is 0 Å². The van der Waals surface area contributed by atoms with Crippen molar-refractivity contribution in [2.75, 3.05) is 6.54 Å². The average Bonchev–Trinajstić information content (AvgIpc) is 2.88. The molecule has 2 nitrogen and oxygen atoms in total. The molecule has 0 bridgehead atoms. The van der Waals surface area contributed by atoms with Crippen molar-refractivity contribution in [1.29, 1.82) is 0 Å². The molecule has 0 amide bonds. The molecule has 3 rings (SSSR count). The van der Waals surface area contributed by atoms with Crippen LogP contribution in [0.4, 0.5) is 0 Å². The van der Waals surface area contributed by atoms with Gasteiger partial charge in [0.1, 0.15) is 0 Å². The molecule has 0 unspecified atom stereocenters. The predicted molar refractivity (Wildman–Crippen MR) is 56.6 cm³/mol. The van der Waals surface area contributed by atoms with E-state index in [4.69, 9.17) is 0 Å². The first kappa shape index (κ1) is 7.80. The Hall–Kier alpha value is -0.570. The lowest BCUT2D eigenvalue weighted by Crippen LogP contribution is -2.12. The van der Waals surface area contributed by atoms with Crippen LogP contribution < -0.4 is 0 Å².